The lowest BCUT2D eigenvalue weighted by atomic mass is 10.1. The van der Waals surface area contributed by atoms with E-state index in [4.69, 9.17) is 0 Å². The molecule has 0 saturated heterocycles. The molecule has 2 rings (SSSR count). The lowest BCUT2D eigenvalue weighted by Gasteiger charge is -2.32. The second kappa shape index (κ2) is 11.3. The average Bonchev–Trinajstić information content (AvgIpc) is 2.75. The van der Waals surface area contributed by atoms with Gasteiger partial charge >= 0.3 is 0 Å². The zero-order chi connectivity index (χ0) is 24.8. The molecule has 2 atom stereocenters. The Labute approximate surface area is 197 Å². The van der Waals surface area contributed by atoms with Gasteiger partial charge in [-0.2, -0.15) is 0 Å². The van der Waals surface area contributed by atoms with E-state index >= 15 is 0 Å². The van der Waals surface area contributed by atoms with Crippen molar-refractivity contribution in [1.29, 1.82) is 0 Å². The third kappa shape index (κ3) is 7.32. The predicted molar refractivity (Wildman–Crippen MR) is 132 cm³/mol. The lowest BCUT2D eigenvalue weighted by molar-refractivity contribution is -0.139. The van der Waals surface area contributed by atoms with Gasteiger partial charge in [0.1, 0.15) is 12.6 Å². The van der Waals surface area contributed by atoms with Crippen molar-refractivity contribution in [2.45, 2.75) is 59.7 Å². The van der Waals surface area contributed by atoms with Crippen LogP contribution in [-0.2, 0) is 26.2 Å². The molecule has 33 heavy (non-hydrogen) atoms. The molecule has 2 aromatic carbocycles. The van der Waals surface area contributed by atoms with Crippen LogP contribution in [0.15, 0.2) is 48.5 Å². The summed E-state index contributed by atoms with van der Waals surface area (Å²) >= 11 is 0. The van der Waals surface area contributed by atoms with Gasteiger partial charge in [0.2, 0.25) is 21.8 Å². The second-order valence-corrected chi connectivity index (χ2v) is 10.5. The van der Waals surface area contributed by atoms with Gasteiger partial charge in [0, 0.05) is 12.6 Å². The maximum atomic E-state index is 13.5. The molecule has 0 aliphatic rings. The minimum absolute atomic E-state index is 0.0322. The number of nitrogens with one attached hydrogen (secondary N) is 1. The van der Waals surface area contributed by atoms with Crippen molar-refractivity contribution >= 4 is 27.5 Å². The van der Waals surface area contributed by atoms with Crippen molar-refractivity contribution in [3.63, 3.8) is 0 Å². The first-order valence-electron chi connectivity index (χ1n) is 11.1. The highest BCUT2D eigenvalue weighted by Crippen LogP contribution is 2.20. The van der Waals surface area contributed by atoms with E-state index in [1.807, 2.05) is 58.0 Å². The number of rotatable bonds is 10. The van der Waals surface area contributed by atoms with Crippen molar-refractivity contribution in [3.05, 3.63) is 65.2 Å². The molecular weight excluding hydrogens is 438 g/mol. The van der Waals surface area contributed by atoms with E-state index in [0.29, 0.717) is 5.69 Å². The largest absolute Gasteiger partial charge is 0.352 e. The third-order valence-corrected chi connectivity index (χ3v) is 6.88. The third-order valence-electron chi connectivity index (χ3n) is 5.74. The Balaban J connectivity index is 2.40. The summed E-state index contributed by atoms with van der Waals surface area (Å²) in [6.45, 7) is 9.15. The van der Waals surface area contributed by atoms with Crippen LogP contribution < -0.4 is 9.62 Å². The molecule has 0 saturated carbocycles. The second-order valence-electron chi connectivity index (χ2n) is 8.55. The first-order valence-corrected chi connectivity index (χ1v) is 13.0. The van der Waals surface area contributed by atoms with Gasteiger partial charge in [0.25, 0.3) is 0 Å². The fourth-order valence-corrected chi connectivity index (χ4v) is 4.26. The van der Waals surface area contributed by atoms with E-state index in [1.54, 1.807) is 25.1 Å². The molecular formula is C25H35N3O4S. The van der Waals surface area contributed by atoms with Crippen molar-refractivity contribution < 1.29 is 18.0 Å². The monoisotopic (exact) mass is 473 g/mol. The molecule has 0 spiro atoms. The fourth-order valence-electron chi connectivity index (χ4n) is 3.42. The van der Waals surface area contributed by atoms with Crippen LogP contribution in [0.25, 0.3) is 0 Å². The number of sulfonamides is 1. The molecule has 0 radical (unpaired) electrons. The van der Waals surface area contributed by atoms with Crippen LogP contribution in [-0.4, -0.2) is 50.0 Å². The number of nitrogens with zero attached hydrogens (tertiary/aromatic N) is 2. The van der Waals surface area contributed by atoms with Crippen LogP contribution in [0.2, 0.25) is 0 Å². The van der Waals surface area contributed by atoms with Gasteiger partial charge in [0.05, 0.1) is 11.9 Å². The van der Waals surface area contributed by atoms with Crippen LogP contribution in [0, 0.1) is 13.8 Å². The molecule has 8 heteroatoms. The molecule has 0 fully saturated rings. The Morgan fingerprint density at radius 3 is 2.27 bits per heavy atom. The molecule has 7 nitrogen and oxygen atoms in total. The van der Waals surface area contributed by atoms with Crippen LogP contribution in [0.5, 0.6) is 0 Å². The minimum Gasteiger partial charge on any atom is -0.352 e. The Morgan fingerprint density at radius 2 is 1.70 bits per heavy atom. The molecule has 180 valence electrons. The van der Waals surface area contributed by atoms with E-state index in [0.717, 1.165) is 33.7 Å². The quantitative estimate of drug-likeness (QED) is 0.573. The highest BCUT2D eigenvalue weighted by Gasteiger charge is 2.30. The number of hydrogen-bond acceptors (Lipinski definition) is 4. The van der Waals surface area contributed by atoms with E-state index in [1.165, 1.54) is 4.90 Å². The summed E-state index contributed by atoms with van der Waals surface area (Å²) in [5, 5.41) is 2.92. The van der Waals surface area contributed by atoms with Gasteiger partial charge in [-0.3, -0.25) is 13.9 Å². The van der Waals surface area contributed by atoms with Gasteiger partial charge in [-0.1, -0.05) is 43.3 Å². The first-order chi connectivity index (χ1) is 15.4. The highest BCUT2D eigenvalue weighted by molar-refractivity contribution is 7.92. The number of amides is 2. The van der Waals surface area contributed by atoms with Gasteiger partial charge in [0.15, 0.2) is 0 Å². The molecule has 0 bridgehead atoms. The molecule has 2 aromatic rings. The number of carbonyl (C=O) groups excluding carboxylic acids is 2. The number of benzene rings is 2. The van der Waals surface area contributed by atoms with Gasteiger partial charge < -0.3 is 10.2 Å². The van der Waals surface area contributed by atoms with E-state index in [9.17, 15) is 18.0 Å². The number of carbonyl (C=O) groups is 2. The maximum absolute atomic E-state index is 13.5. The first kappa shape index (κ1) is 26.4. The van der Waals surface area contributed by atoms with Gasteiger partial charge in [-0.15, -0.1) is 0 Å². The van der Waals surface area contributed by atoms with Crippen molar-refractivity contribution in [2.75, 3.05) is 17.1 Å². The van der Waals surface area contributed by atoms with Gasteiger partial charge in [-0.05, 0) is 62.9 Å². The van der Waals surface area contributed by atoms with E-state index < -0.39 is 28.5 Å². The maximum Gasteiger partial charge on any atom is 0.244 e. The van der Waals surface area contributed by atoms with Crippen LogP contribution in [0.1, 0.15) is 43.9 Å². The molecule has 2 amide bonds. The van der Waals surface area contributed by atoms with Crippen LogP contribution in [0.4, 0.5) is 5.69 Å². The summed E-state index contributed by atoms with van der Waals surface area (Å²) in [6, 6.07) is 13.8. The summed E-state index contributed by atoms with van der Waals surface area (Å²) in [5.41, 5.74) is 3.18. The molecule has 0 aromatic heterocycles. The molecule has 0 aliphatic carbocycles. The summed E-state index contributed by atoms with van der Waals surface area (Å²) in [4.78, 5) is 27.9. The van der Waals surface area contributed by atoms with Crippen LogP contribution in [0.3, 0.4) is 0 Å². The van der Waals surface area contributed by atoms with Crippen LogP contribution >= 0.6 is 0 Å². The molecule has 1 N–H and O–H groups in total. The average molecular weight is 474 g/mol. The standard InChI is InChI=1S/C25H35N3O4S/c1-7-20(4)26-25(30)21(5)27(16-22-13-9-8-12-19(22)3)24(29)17-28(33(6,31)32)23-14-10-11-18(2)15-23/h8-15,20-21H,7,16-17H2,1-6H3,(H,26,30)/t20-,21+/m0/s1. The smallest absolute Gasteiger partial charge is 0.244 e. The fraction of sp³-hybridized carbons (Fsp3) is 0.440. The SMILES string of the molecule is CC[C@H](C)NC(=O)[C@@H](C)N(Cc1ccccc1C)C(=O)CN(c1cccc(C)c1)S(C)(=O)=O. The highest BCUT2D eigenvalue weighted by atomic mass is 32.2. The molecule has 0 aliphatic heterocycles. The van der Waals surface area contributed by atoms with Crippen molar-refractivity contribution in [2.24, 2.45) is 0 Å². The Hall–Kier alpha value is -2.87. The Bertz CT molecular complexity index is 1080. The normalized spacial score (nSPS) is 13.2. The van der Waals surface area contributed by atoms with Crippen molar-refractivity contribution in [1.82, 2.24) is 10.2 Å². The number of anilines is 1. The van der Waals surface area contributed by atoms with Gasteiger partial charge in [-0.25, -0.2) is 8.42 Å². The minimum atomic E-state index is -3.73. The number of aryl methyl sites for hydroxylation is 2. The summed E-state index contributed by atoms with van der Waals surface area (Å²) < 4.78 is 26.2. The van der Waals surface area contributed by atoms with E-state index in [2.05, 4.69) is 5.32 Å². The molecule has 0 unspecified atom stereocenters. The number of hydrogen-bond donors (Lipinski definition) is 1. The van der Waals surface area contributed by atoms with Crippen molar-refractivity contribution in [3.8, 4) is 0 Å². The Kier molecular flexibility index (Phi) is 9.05. The zero-order valence-corrected chi connectivity index (χ0v) is 21.1. The topological polar surface area (TPSA) is 86.8 Å². The summed E-state index contributed by atoms with van der Waals surface area (Å²) in [6.07, 6.45) is 1.84. The summed E-state index contributed by atoms with van der Waals surface area (Å²) in [7, 11) is -3.73. The molecule has 0 heterocycles. The zero-order valence-electron chi connectivity index (χ0n) is 20.3. The van der Waals surface area contributed by atoms with E-state index in [-0.39, 0.29) is 18.5 Å². The Morgan fingerprint density at radius 1 is 1.03 bits per heavy atom. The lowest BCUT2D eigenvalue weighted by Crippen LogP contribution is -2.52. The summed E-state index contributed by atoms with van der Waals surface area (Å²) in [5.74, 6) is -0.718. The predicted octanol–water partition coefficient (Wildman–Crippen LogP) is 3.40.